The molecule has 0 aliphatic heterocycles. The Bertz CT molecular complexity index is 492. The summed E-state index contributed by atoms with van der Waals surface area (Å²) in [5.74, 6) is 0.796. The number of methoxy groups -OCH3 is 1. The van der Waals surface area contributed by atoms with E-state index in [9.17, 15) is 0 Å². The van der Waals surface area contributed by atoms with E-state index in [0.717, 1.165) is 17.3 Å². The summed E-state index contributed by atoms with van der Waals surface area (Å²) in [5.41, 5.74) is 1.93. The van der Waals surface area contributed by atoms with Crippen molar-refractivity contribution in [2.75, 3.05) is 19.0 Å². The van der Waals surface area contributed by atoms with Gasteiger partial charge in [-0.05, 0) is 26.0 Å². The van der Waals surface area contributed by atoms with Crippen LogP contribution in [0.4, 0.5) is 11.6 Å². The smallest absolute Gasteiger partial charge is 0.207 e. The highest BCUT2D eigenvalue weighted by Gasteiger charge is 2.09. The molecule has 0 radical (unpaired) electrons. The summed E-state index contributed by atoms with van der Waals surface area (Å²) in [7, 11) is 1.70. The Labute approximate surface area is 107 Å². The topological polar surface area (TPSA) is 52.0 Å². The van der Waals surface area contributed by atoms with Gasteiger partial charge in [-0.25, -0.2) is 4.98 Å². The van der Waals surface area contributed by atoms with Crippen LogP contribution < -0.4 is 5.32 Å². The van der Waals surface area contributed by atoms with Gasteiger partial charge in [-0.3, -0.25) is 4.98 Å². The van der Waals surface area contributed by atoms with E-state index < -0.39 is 0 Å². The van der Waals surface area contributed by atoms with Crippen LogP contribution in [0, 0.1) is 6.92 Å². The van der Waals surface area contributed by atoms with Gasteiger partial charge in [0.05, 0.1) is 24.5 Å². The molecule has 2 heterocycles. The van der Waals surface area contributed by atoms with Crippen molar-refractivity contribution in [1.29, 1.82) is 0 Å². The number of ether oxygens (including phenoxy) is 1. The first-order chi connectivity index (χ1) is 8.70. The van der Waals surface area contributed by atoms with E-state index in [4.69, 9.17) is 4.74 Å². The third-order valence-corrected chi connectivity index (χ3v) is 2.72. The zero-order chi connectivity index (χ0) is 13.0. The highest BCUT2D eigenvalue weighted by atomic mass is 16.5. The summed E-state index contributed by atoms with van der Waals surface area (Å²) >= 11 is 0. The predicted molar refractivity (Wildman–Crippen MR) is 71.1 cm³/mol. The summed E-state index contributed by atoms with van der Waals surface area (Å²) in [5, 5.41) is 3.25. The number of aryl methyl sites for hydroxylation is 1. The van der Waals surface area contributed by atoms with Crippen molar-refractivity contribution in [1.82, 2.24) is 14.5 Å². The third kappa shape index (κ3) is 2.87. The lowest BCUT2D eigenvalue weighted by Gasteiger charge is -2.16. The monoisotopic (exact) mass is 246 g/mol. The van der Waals surface area contributed by atoms with Gasteiger partial charge in [-0.15, -0.1) is 0 Å². The third-order valence-electron chi connectivity index (χ3n) is 2.72. The number of aromatic nitrogens is 3. The molecule has 0 saturated heterocycles. The Morgan fingerprint density at radius 2 is 2.22 bits per heavy atom. The summed E-state index contributed by atoms with van der Waals surface area (Å²) in [4.78, 5) is 8.55. The van der Waals surface area contributed by atoms with Gasteiger partial charge < -0.3 is 14.6 Å². The molecule has 0 aliphatic carbocycles. The highest BCUT2D eigenvalue weighted by Crippen LogP contribution is 2.18. The van der Waals surface area contributed by atoms with Crippen molar-refractivity contribution in [3.8, 4) is 0 Å². The molecule has 2 aromatic heterocycles. The van der Waals surface area contributed by atoms with Gasteiger partial charge in [0.25, 0.3) is 0 Å². The molecular weight excluding hydrogens is 228 g/mol. The minimum absolute atomic E-state index is 0.235. The summed E-state index contributed by atoms with van der Waals surface area (Å²) in [6.45, 7) is 4.70. The van der Waals surface area contributed by atoms with Crippen molar-refractivity contribution in [2.45, 2.75) is 19.9 Å². The van der Waals surface area contributed by atoms with Crippen molar-refractivity contribution in [3.05, 3.63) is 36.4 Å². The minimum Gasteiger partial charge on any atom is -0.383 e. The lowest BCUT2D eigenvalue weighted by atomic mass is 10.3. The van der Waals surface area contributed by atoms with Gasteiger partial charge in [0.1, 0.15) is 0 Å². The molecule has 5 heteroatoms. The lowest BCUT2D eigenvalue weighted by molar-refractivity contribution is 0.163. The Morgan fingerprint density at radius 1 is 1.39 bits per heavy atom. The van der Waals surface area contributed by atoms with E-state index in [2.05, 4.69) is 22.2 Å². The van der Waals surface area contributed by atoms with Crippen LogP contribution in [0.25, 0.3) is 0 Å². The number of anilines is 2. The van der Waals surface area contributed by atoms with Crippen molar-refractivity contribution in [3.63, 3.8) is 0 Å². The highest BCUT2D eigenvalue weighted by molar-refractivity contribution is 5.52. The van der Waals surface area contributed by atoms with Gasteiger partial charge in [0.15, 0.2) is 0 Å². The molecule has 0 aliphatic rings. The van der Waals surface area contributed by atoms with Crippen molar-refractivity contribution < 1.29 is 4.74 Å². The molecule has 0 spiro atoms. The Kier molecular flexibility index (Phi) is 3.94. The zero-order valence-electron chi connectivity index (χ0n) is 10.9. The number of rotatable bonds is 5. The van der Waals surface area contributed by atoms with Crippen LogP contribution >= 0.6 is 0 Å². The van der Waals surface area contributed by atoms with Gasteiger partial charge in [-0.1, -0.05) is 0 Å². The van der Waals surface area contributed by atoms with Gasteiger partial charge in [0, 0.05) is 25.2 Å². The number of nitrogens with zero attached hydrogens (tertiary/aromatic N) is 3. The molecule has 2 rings (SSSR count). The van der Waals surface area contributed by atoms with Crippen LogP contribution in [0.1, 0.15) is 18.7 Å². The second kappa shape index (κ2) is 5.64. The van der Waals surface area contributed by atoms with E-state index in [1.807, 2.05) is 29.8 Å². The molecule has 0 amide bonds. The first-order valence-corrected chi connectivity index (χ1v) is 5.92. The molecule has 96 valence electrons. The molecule has 1 unspecified atom stereocenters. The van der Waals surface area contributed by atoms with E-state index in [1.54, 1.807) is 19.5 Å². The normalized spacial score (nSPS) is 12.4. The molecule has 0 saturated carbocycles. The minimum atomic E-state index is 0.235. The molecule has 0 aromatic carbocycles. The fraction of sp³-hybridized carbons (Fsp3) is 0.385. The average molecular weight is 246 g/mol. The van der Waals surface area contributed by atoms with Gasteiger partial charge >= 0.3 is 0 Å². The number of hydrogen-bond acceptors (Lipinski definition) is 4. The fourth-order valence-corrected chi connectivity index (χ4v) is 1.76. The predicted octanol–water partition coefficient (Wildman–Crippen LogP) is 2.54. The number of nitrogens with one attached hydrogen (secondary N) is 1. The second-order valence-electron chi connectivity index (χ2n) is 4.28. The Hall–Kier alpha value is -1.88. The Balaban J connectivity index is 2.14. The van der Waals surface area contributed by atoms with Crippen LogP contribution in [0.15, 0.2) is 30.7 Å². The molecule has 18 heavy (non-hydrogen) atoms. The van der Waals surface area contributed by atoms with E-state index in [-0.39, 0.29) is 6.04 Å². The second-order valence-corrected chi connectivity index (χ2v) is 4.28. The van der Waals surface area contributed by atoms with Crippen LogP contribution in [0.5, 0.6) is 0 Å². The zero-order valence-corrected chi connectivity index (χ0v) is 10.9. The first kappa shape index (κ1) is 12.6. The van der Waals surface area contributed by atoms with Crippen LogP contribution in [0.2, 0.25) is 0 Å². The van der Waals surface area contributed by atoms with Crippen molar-refractivity contribution in [2.24, 2.45) is 0 Å². The first-order valence-electron chi connectivity index (χ1n) is 5.92. The summed E-state index contributed by atoms with van der Waals surface area (Å²) < 4.78 is 7.20. The van der Waals surface area contributed by atoms with Gasteiger partial charge in [0.2, 0.25) is 5.95 Å². The molecule has 5 nitrogen and oxygen atoms in total. The van der Waals surface area contributed by atoms with Crippen LogP contribution in [-0.2, 0) is 4.74 Å². The number of imidazole rings is 1. The molecular formula is C13H18N4O. The molecule has 2 aromatic rings. The SMILES string of the molecule is COCC(C)n1ccnc1Nc1ccc(C)nc1. The van der Waals surface area contributed by atoms with E-state index >= 15 is 0 Å². The maximum absolute atomic E-state index is 5.16. The average Bonchev–Trinajstić information content (AvgIpc) is 2.81. The van der Waals surface area contributed by atoms with E-state index in [1.165, 1.54) is 0 Å². The summed E-state index contributed by atoms with van der Waals surface area (Å²) in [6, 6.07) is 4.19. The van der Waals surface area contributed by atoms with E-state index in [0.29, 0.717) is 6.61 Å². The Morgan fingerprint density at radius 3 is 2.89 bits per heavy atom. The fourth-order valence-electron chi connectivity index (χ4n) is 1.76. The number of pyridine rings is 1. The standard InChI is InChI=1S/C13H18N4O/c1-10-4-5-12(8-15-10)16-13-14-6-7-17(13)11(2)9-18-3/h4-8,11H,9H2,1-3H3,(H,14,16). The van der Waals surface area contributed by atoms with Crippen LogP contribution in [0.3, 0.4) is 0 Å². The van der Waals surface area contributed by atoms with Crippen LogP contribution in [-0.4, -0.2) is 28.3 Å². The molecule has 1 N–H and O–H groups in total. The molecule has 0 fully saturated rings. The van der Waals surface area contributed by atoms with Gasteiger partial charge in [-0.2, -0.15) is 0 Å². The summed E-state index contributed by atoms with van der Waals surface area (Å²) in [6.07, 6.45) is 5.51. The van der Waals surface area contributed by atoms with Crippen molar-refractivity contribution >= 4 is 11.6 Å². The largest absolute Gasteiger partial charge is 0.383 e. The molecule has 0 bridgehead atoms. The number of hydrogen-bond donors (Lipinski definition) is 1. The maximum atomic E-state index is 5.16. The lowest BCUT2D eigenvalue weighted by Crippen LogP contribution is -2.12. The maximum Gasteiger partial charge on any atom is 0.207 e. The molecule has 1 atom stereocenters. The quantitative estimate of drug-likeness (QED) is 0.880.